The molecule has 1 atom stereocenters. The first-order chi connectivity index (χ1) is 7.88. The van der Waals surface area contributed by atoms with Crippen LogP contribution in [0.3, 0.4) is 0 Å². The molecule has 2 aliphatic heterocycles. The topological polar surface area (TPSA) is 24.5 Å². The van der Waals surface area contributed by atoms with E-state index in [1.54, 1.807) is 0 Å². The van der Waals surface area contributed by atoms with Gasteiger partial charge in [0, 0.05) is 24.7 Å². The van der Waals surface area contributed by atoms with Gasteiger partial charge in [0.1, 0.15) is 0 Å². The van der Waals surface area contributed by atoms with Crippen LogP contribution in [0.4, 0.5) is 0 Å². The van der Waals surface area contributed by atoms with Crippen LogP contribution in [0.15, 0.2) is 0 Å². The van der Waals surface area contributed by atoms with E-state index in [1.807, 2.05) is 0 Å². The van der Waals surface area contributed by atoms with Crippen molar-refractivity contribution in [1.29, 1.82) is 0 Å². The molecule has 0 amide bonds. The molecule has 17 heavy (non-hydrogen) atoms. The van der Waals surface area contributed by atoms with Crippen molar-refractivity contribution in [2.45, 2.75) is 64.1 Å². The van der Waals surface area contributed by atoms with Gasteiger partial charge in [0.05, 0.1) is 5.60 Å². The monoisotopic (exact) mass is 240 g/mol. The second-order valence-corrected chi connectivity index (χ2v) is 6.89. The summed E-state index contributed by atoms with van der Waals surface area (Å²) >= 11 is 0. The molecular formula is C14H28N2O. The van der Waals surface area contributed by atoms with Crippen molar-refractivity contribution in [2.75, 3.05) is 26.2 Å². The minimum Gasteiger partial charge on any atom is -0.375 e. The zero-order chi connectivity index (χ0) is 12.5. The molecule has 3 heteroatoms. The smallest absolute Gasteiger partial charge is 0.0641 e. The van der Waals surface area contributed by atoms with Crippen molar-refractivity contribution in [1.82, 2.24) is 10.2 Å². The van der Waals surface area contributed by atoms with Gasteiger partial charge in [0.25, 0.3) is 0 Å². The van der Waals surface area contributed by atoms with Crippen LogP contribution >= 0.6 is 0 Å². The molecule has 2 rings (SSSR count). The first-order valence-corrected chi connectivity index (χ1v) is 7.01. The standard InChI is InChI=1S/C14H28N2O/c1-13(2)11-16(8-5-7-15-13)12-6-9-17-14(3,4)10-12/h12,15H,5-11H2,1-4H3. The van der Waals surface area contributed by atoms with Crippen LogP contribution in [0, 0.1) is 0 Å². The summed E-state index contributed by atoms with van der Waals surface area (Å²) in [6.45, 7) is 13.5. The summed E-state index contributed by atoms with van der Waals surface area (Å²) in [7, 11) is 0. The maximum Gasteiger partial charge on any atom is 0.0641 e. The number of hydrogen-bond donors (Lipinski definition) is 1. The Morgan fingerprint density at radius 2 is 2.00 bits per heavy atom. The molecule has 0 radical (unpaired) electrons. The number of nitrogens with one attached hydrogen (secondary N) is 1. The molecule has 2 heterocycles. The van der Waals surface area contributed by atoms with E-state index in [0.29, 0.717) is 6.04 Å². The maximum atomic E-state index is 5.83. The Hall–Kier alpha value is -0.120. The van der Waals surface area contributed by atoms with E-state index in [-0.39, 0.29) is 11.1 Å². The van der Waals surface area contributed by atoms with Gasteiger partial charge < -0.3 is 10.1 Å². The van der Waals surface area contributed by atoms with Crippen molar-refractivity contribution >= 4 is 0 Å². The molecular weight excluding hydrogens is 212 g/mol. The molecule has 0 aromatic rings. The van der Waals surface area contributed by atoms with Gasteiger partial charge in [-0.25, -0.2) is 0 Å². The highest BCUT2D eigenvalue weighted by atomic mass is 16.5. The van der Waals surface area contributed by atoms with Crippen molar-refractivity contribution < 1.29 is 4.74 Å². The maximum absolute atomic E-state index is 5.83. The van der Waals surface area contributed by atoms with Gasteiger partial charge in [-0.2, -0.15) is 0 Å². The van der Waals surface area contributed by atoms with Crippen LogP contribution in [0.25, 0.3) is 0 Å². The fraction of sp³-hybridized carbons (Fsp3) is 1.00. The van der Waals surface area contributed by atoms with Gasteiger partial charge in [-0.3, -0.25) is 4.90 Å². The van der Waals surface area contributed by atoms with Gasteiger partial charge in [-0.15, -0.1) is 0 Å². The molecule has 1 N–H and O–H groups in total. The first kappa shape index (κ1) is 13.3. The normalized spacial score (nSPS) is 34.2. The first-order valence-electron chi connectivity index (χ1n) is 7.01. The van der Waals surface area contributed by atoms with E-state index < -0.39 is 0 Å². The van der Waals surface area contributed by atoms with Crippen molar-refractivity contribution in [3.05, 3.63) is 0 Å². The summed E-state index contributed by atoms with van der Waals surface area (Å²) in [4.78, 5) is 2.68. The Morgan fingerprint density at radius 1 is 1.24 bits per heavy atom. The Bertz CT molecular complexity index is 263. The van der Waals surface area contributed by atoms with Crippen LogP contribution < -0.4 is 5.32 Å². The Kier molecular flexibility index (Phi) is 3.81. The van der Waals surface area contributed by atoms with Gasteiger partial charge in [-0.1, -0.05) is 0 Å². The predicted molar refractivity (Wildman–Crippen MR) is 71.3 cm³/mol. The summed E-state index contributed by atoms with van der Waals surface area (Å²) in [5.74, 6) is 0. The third-order valence-corrected chi connectivity index (χ3v) is 4.01. The zero-order valence-corrected chi connectivity index (χ0v) is 11.9. The van der Waals surface area contributed by atoms with E-state index in [2.05, 4.69) is 37.9 Å². The number of rotatable bonds is 1. The lowest BCUT2D eigenvalue weighted by Crippen LogP contribution is -2.52. The molecule has 2 fully saturated rings. The average molecular weight is 240 g/mol. The van der Waals surface area contributed by atoms with Crippen LogP contribution in [0.1, 0.15) is 47.0 Å². The number of hydrogen-bond acceptors (Lipinski definition) is 3. The van der Waals surface area contributed by atoms with Gasteiger partial charge in [0.15, 0.2) is 0 Å². The molecule has 2 aliphatic rings. The second-order valence-electron chi connectivity index (χ2n) is 6.89. The summed E-state index contributed by atoms with van der Waals surface area (Å²) < 4.78 is 5.83. The summed E-state index contributed by atoms with van der Waals surface area (Å²) in [5.41, 5.74) is 0.311. The van der Waals surface area contributed by atoms with Crippen molar-refractivity contribution in [3.8, 4) is 0 Å². The quantitative estimate of drug-likeness (QED) is 0.759. The summed E-state index contributed by atoms with van der Waals surface area (Å²) in [6.07, 6.45) is 3.63. The molecule has 1 unspecified atom stereocenters. The molecule has 0 spiro atoms. The Morgan fingerprint density at radius 3 is 2.71 bits per heavy atom. The minimum absolute atomic E-state index is 0.0623. The number of ether oxygens (including phenoxy) is 1. The fourth-order valence-electron chi connectivity index (χ4n) is 3.17. The molecule has 0 aromatic heterocycles. The summed E-state index contributed by atoms with van der Waals surface area (Å²) in [6, 6.07) is 0.706. The fourth-order valence-corrected chi connectivity index (χ4v) is 3.17. The van der Waals surface area contributed by atoms with E-state index >= 15 is 0 Å². The largest absolute Gasteiger partial charge is 0.375 e. The lowest BCUT2D eigenvalue weighted by atomic mass is 9.91. The third kappa shape index (κ3) is 3.67. The van der Waals surface area contributed by atoms with E-state index in [9.17, 15) is 0 Å². The van der Waals surface area contributed by atoms with Gasteiger partial charge in [-0.05, 0) is 60.0 Å². The van der Waals surface area contributed by atoms with Gasteiger partial charge in [0.2, 0.25) is 0 Å². The van der Waals surface area contributed by atoms with Gasteiger partial charge >= 0.3 is 0 Å². The van der Waals surface area contributed by atoms with E-state index in [1.165, 1.54) is 25.8 Å². The third-order valence-electron chi connectivity index (χ3n) is 4.01. The number of nitrogens with zero attached hydrogens (tertiary/aromatic N) is 1. The summed E-state index contributed by atoms with van der Waals surface area (Å²) in [5, 5.41) is 3.64. The van der Waals surface area contributed by atoms with Crippen molar-refractivity contribution in [3.63, 3.8) is 0 Å². The average Bonchev–Trinajstić information content (AvgIpc) is 2.37. The molecule has 3 nitrogen and oxygen atoms in total. The molecule has 0 aromatic carbocycles. The van der Waals surface area contributed by atoms with Crippen LogP contribution in [-0.4, -0.2) is 48.3 Å². The highest BCUT2D eigenvalue weighted by molar-refractivity contribution is 4.91. The Labute approximate surface area is 106 Å². The lowest BCUT2D eigenvalue weighted by molar-refractivity contribution is -0.0844. The van der Waals surface area contributed by atoms with Crippen molar-refractivity contribution in [2.24, 2.45) is 0 Å². The van der Waals surface area contributed by atoms with Crippen LogP contribution in [-0.2, 0) is 4.74 Å². The van der Waals surface area contributed by atoms with E-state index in [4.69, 9.17) is 4.74 Å². The lowest BCUT2D eigenvalue weighted by Gasteiger charge is -2.42. The SMILES string of the molecule is CC1(C)CN(C2CCOC(C)(C)C2)CCCN1. The molecule has 2 saturated heterocycles. The Balaban J connectivity index is 2.00. The zero-order valence-electron chi connectivity index (χ0n) is 11.9. The van der Waals surface area contributed by atoms with Crippen LogP contribution in [0.2, 0.25) is 0 Å². The molecule has 100 valence electrons. The molecule has 0 bridgehead atoms. The van der Waals surface area contributed by atoms with Crippen LogP contribution in [0.5, 0.6) is 0 Å². The van der Waals surface area contributed by atoms with E-state index in [0.717, 1.165) is 19.7 Å². The highest BCUT2D eigenvalue weighted by Crippen LogP contribution is 2.28. The predicted octanol–water partition coefficient (Wildman–Crippen LogP) is 2.02. The highest BCUT2D eigenvalue weighted by Gasteiger charge is 2.35. The second kappa shape index (κ2) is 4.87. The minimum atomic E-state index is 0.0623. The molecule has 0 aliphatic carbocycles. The molecule has 0 saturated carbocycles.